The van der Waals surface area contributed by atoms with Crippen LogP contribution in [0.15, 0.2) is 18.2 Å². The van der Waals surface area contributed by atoms with Gasteiger partial charge in [-0.1, -0.05) is 30.9 Å². The second kappa shape index (κ2) is 5.55. The molecule has 0 aliphatic heterocycles. The summed E-state index contributed by atoms with van der Waals surface area (Å²) in [4.78, 5) is 0. The van der Waals surface area contributed by atoms with Gasteiger partial charge in [0.2, 0.25) is 0 Å². The first-order chi connectivity index (χ1) is 7.79. The number of hydrogen-bond acceptors (Lipinski definition) is 2. The summed E-state index contributed by atoms with van der Waals surface area (Å²) in [5.74, 6) is 0. The molecule has 0 radical (unpaired) electrons. The minimum absolute atomic E-state index is 0.537. The Labute approximate surface area is 102 Å². The maximum Gasteiger partial charge on any atom is 0.0410 e. The van der Waals surface area contributed by atoms with Crippen molar-refractivity contribution in [2.45, 2.75) is 44.7 Å². The van der Waals surface area contributed by atoms with Crippen LogP contribution in [-0.4, -0.2) is 6.04 Å². The van der Waals surface area contributed by atoms with Crippen LogP contribution < -0.4 is 11.1 Å². The number of benzene rings is 1. The van der Waals surface area contributed by atoms with Gasteiger partial charge >= 0.3 is 0 Å². The molecule has 1 aliphatic rings. The molecular formula is C13H19ClN2. The number of nitrogens with one attached hydrogen (secondary N) is 1. The zero-order valence-corrected chi connectivity index (χ0v) is 10.3. The highest BCUT2D eigenvalue weighted by Crippen LogP contribution is 2.25. The maximum atomic E-state index is 5.96. The highest BCUT2D eigenvalue weighted by Gasteiger charge is 2.14. The summed E-state index contributed by atoms with van der Waals surface area (Å²) in [6, 6.07) is 6.53. The van der Waals surface area contributed by atoms with Gasteiger partial charge in [-0.15, -0.1) is 0 Å². The Balaban J connectivity index is 2.07. The minimum atomic E-state index is 0.537. The molecule has 0 saturated heterocycles. The highest BCUT2D eigenvalue weighted by atomic mass is 35.5. The molecule has 0 atom stereocenters. The molecule has 3 heteroatoms. The van der Waals surface area contributed by atoms with Crippen LogP contribution in [-0.2, 0) is 6.54 Å². The average molecular weight is 239 g/mol. The fourth-order valence-electron chi connectivity index (χ4n) is 2.34. The van der Waals surface area contributed by atoms with Crippen molar-refractivity contribution in [2.75, 3.05) is 5.32 Å². The van der Waals surface area contributed by atoms with E-state index in [2.05, 4.69) is 5.32 Å². The molecular weight excluding hydrogens is 220 g/mol. The van der Waals surface area contributed by atoms with Gasteiger partial charge in [-0.05, 0) is 36.6 Å². The Morgan fingerprint density at radius 3 is 2.69 bits per heavy atom. The fourth-order valence-corrected chi connectivity index (χ4v) is 2.53. The molecule has 3 N–H and O–H groups in total. The Bertz CT molecular complexity index is 346. The van der Waals surface area contributed by atoms with E-state index in [9.17, 15) is 0 Å². The van der Waals surface area contributed by atoms with E-state index in [1.165, 1.54) is 32.1 Å². The first-order valence-electron chi connectivity index (χ1n) is 6.04. The summed E-state index contributed by atoms with van der Waals surface area (Å²) >= 11 is 5.96. The van der Waals surface area contributed by atoms with Gasteiger partial charge in [0.25, 0.3) is 0 Å². The fraction of sp³-hybridized carbons (Fsp3) is 0.538. The monoisotopic (exact) mass is 238 g/mol. The van der Waals surface area contributed by atoms with Crippen molar-refractivity contribution < 1.29 is 0 Å². The summed E-state index contributed by atoms with van der Waals surface area (Å²) in [5.41, 5.74) is 7.99. The van der Waals surface area contributed by atoms with Crippen LogP contribution in [0.5, 0.6) is 0 Å². The van der Waals surface area contributed by atoms with Crippen molar-refractivity contribution in [1.29, 1.82) is 0 Å². The van der Waals surface area contributed by atoms with Crippen molar-refractivity contribution in [2.24, 2.45) is 5.73 Å². The third kappa shape index (κ3) is 2.89. The smallest absolute Gasteiger partial charge is 0.0410 e. The largest absolute Gasteiger partial charge is 0.382 e. The summed E-state index contributed by atoms with van der Waals surface area (Å²) in [6.07, 6.45) is 6.59. The normalized spacial score (nSPS) is 17.4. The predicted octanol–water partition coefficient (Wildman–Crippen LogP) is 3.54. The SMILES string of the molecule is NCc1cc(Cl)ccc1NC1CCCCC1. The lowest BCUT2D eigenvalue weighted by molar-refractivity contribution is 0.462. The lowest BCUT2D eigenvalue weighted by atomic mass is 9.95. The number of rotatable bonds is 3. The second-order valence-corrected chi connectivity index (χ2v) is 4.92. The Morgan fingerprint density at radius 2 is 2.00 bits per heavy atom. The van der Waals surface area contributed by atoms with Crippen molar-refractivity contribution in [3.05, 3.63) is 28.8 Å². The molecule has 0 bridgehead atoms. The highest BCUT2D eigenvalue weighted by molar-refractivity contribution is 6.30. The second-order valence-electron chi connectivity index (χ2n) is 4.48. The molecule has 2 nitrogen and oxygen atoms in total. The van der Waals surface area contributed by atoms with E-state index in [0.29, 0.717) is 12.6 Å². The molecule has 1 aromatic carbocycles. The van der Waals surface area contributed by atoms with Gasteiger partial charge in [-0.3, -0.25) is 0 Å². The lowest BCUT2D eigenvalue weighted by Crippen LogP contribution is -2.23. The van der Waals surface area contributed by atoms with Crippen LogP contribution in [0.1, 0.15) is 37.7 Å². The van der Waals surface area contributed by atoms with Gasteiger partial charge in [0.05, 0.1) is 0 Å². The van der Waals surface area contributed by atoms with Crippen LogP contribution in [0.4, 0.5) is 5.69 Å². The number of halogens is 1. The van der Waals surface area contributed by atoms with Crippen molar-refractivity contribution in [3.8, 4) is 0 Å². The van der Waals surface area contributed by atoms with Crippen LogP contribution in [0.3, 0.4) is 0 Å². The van der Waals surface area contributed by atoms with Crippen molar-refractivity contribution in [3.63, 3.8) is 0 Å². The van der Waals surface area contributed by atoms with E-state index < -0.39 is 0 Å². The van der Waals surface area contributed by atoms with Crippen LogP contribution in [0.2, 0.25) is 5.02 Å². The maximum absolute atomic E-state index is 5.96. The van der Waals surface area contributed by atoms with Crippen LogP contribution in [0.25, 0.3) is 0 Å². The molecule has 0 spiro atoms. The van der Waals surface area contributed by atoms with Gasteiger partial charge in [0.1, 0.15) is 0 Å². The molecule has 1 aliphatic carbocycles. The average Bonchev–Trinajstić information content (AvgIpc) is 2.33. The molecule has 0 aromatic heterocycles. The van der Waals surface area contributed by atoms with Gasteiger partial charge in [-0.2, -0.15) is 0 Å². The van der Waals surface area contributed by atoms with E-state index in [1.807, 2.05) is 18.2 Å². The third-order valence-corrected chi connectivity index (χ3v) is 3.49. The standard InChI is InChI=1S/C13H19ClN2/c14-11-6-7-13(10(8-11)9-15)16-12-4-2-1-3-5-12/h6-8,12,16H,1-5,9,15H2. The van der Waals surface area contributed by atoms with Crippen LogP contribution >= 0.6 is 11.6 Å². The number of anilines is 1. The lowest BCUT2D eigenvalue weighted by Gasteiger charge is -2.25. The molecule has 16 heavy (non-hydrogen) atoms. The third-order valence-electron chi connectivity index (χ3n) is 3.25. The summed E-state index contributed by atoms with van der Waals surface area (Å²) in [5, 5.41) is 4.35. The van der Waals surface area contributed by atoms with E-state index >= 15 is 0 Å². The van der Waals surface area contributed by atoms with E-state index in [-0.39, 0.29) is 0 Å². The summed E-state index contributed by atoms with van der Waals surface area (Å²) in [6.45, 7) is 0.537. The van der Waals surface area contributed by atoms with Crippen molar-refractivity contribution in [1.82, 2.24) is 0 Å². The van der Waals surface area contributed by atoms with Crippen LogP contribution in [0, 0.1) is 0 Å². The first-order valence-corrected chi connectivity index (χ1v) is 6.42. The van der Waals surface area contributed by atoms with Gasteiger partial charge in [0, 0.05) is 23.3 Å². The quantitative estimate of drug-likeness (QED) is 0.845. The Kier molecular flexibility index (Phi) is 4.08. The molecule has 88 valence electrons. The van der Waals surface area contributed by atoms with Gasteiger partial charge in [-0.25, -0.2) is 0 Å². The first kappa shape index (κ1) is 11.7. The molecule has 0 amide bonds. The molecule has 0 heterocycles. The number of hydrogen-bond donors (Lipinski definition) is 2. The van der Waals surface area contributed by atoms with Crippen molar-refractivity contribution >= 4 is 17.3 Å². The Morgan fingerprint density at radius 1 is 1.25 bits per heavy atom. The predicted molar refractivity (Wildman–Crippen MR) is 69.8 cm³/mol. The molecule has 0 unspecified atom stereocenters. The zero-order chi connectivity index (χ0) is 11.4. The van der Waals surface area contributed by atoms with E-state index in [1.54, 1.807) is 0 Å². The summed E-state index contributed by atoms with van der Waals surface area (Å²) in [7, 11) is 0. The Hall–Kier alpha value is -0.730. The van der Waals surface area contributed by atoms with Gasteiger partial charge < -0.3 is 11.1 Å². The molecule has 1 fully saturated rings. The molecule has 1 aromatic rings. The van der Waals surface area contributed by atoms with Gasteiger partial charge in [0.15, 0.2) is 0 Å². The molecule has 2 rings (SSSR count). The molecule has 1 saturated carbocycles. The zero-order valence-electron chi connectivity index (χ0n) is 9.51. The summed E-state index contributed by atoms with van der Waals surface area (Å²) < 4.78 is 0. The van der Waals surface area contributed by atoms with E-state index in [4.69, 9.17) is 17.3 Å². The minimum Gasteiger partial charge on any atom is -0.382 e. The van der Waals surface area contributed by atoms with E-state index in [0.717, 1.165) is 16.3 Å². The topological polar surface area (TPSA) is 38.0 Å². The number of nitrogens with two attached hydrogens (primary N) is 1.